The molecule has 0 aliphatic heterocycles. The molecule has 0 fully saturated rings. The molecule has 202 valence electrons. The van der Waals surface area contributed by atoms with E-state index in [4.69, 9.17) is 21.3 Å². The van der Waals surface area contributed by atoms with Gasteiger partial charge >= 0.3 is 0 Å². The van der Waals surface area contributed by atoms with Crippen LogP contribution in [0.1, 0.15) is 76.6 Å². The maximum absolute atomic E-state index is 10.8. The molecule has 0 radical (unpaired) electrons. The van der Waals surface area contributed by atoms with E-state index in [-0.39, 0.29) is 0 Å². The Bertz CT molecular complexity index is 1060. The molecule has 0 spiro atoms. The zero-order valence-corrected chi connectivity index (χ0v) is 24.1. The van der Waals surface area contributed by atoms with E-state index in [9.17, 15) is 5.11 Å². The van der Waals surface area contributed by atoms with Gasteiger partial charge in [0.2, 0.25) is 0 Å². The fraction of sp³-hybridized carbons (Fsp3) is 0.452. The molecule has 2 aromatic carbocycles. The summed E-state index contributed by atoms with van der Waals surface area (Å²) in [6, 6.07) is 19.6. The van der Waals surface area contributed by atoms with Gasteiger partial charge in [-0.05, 0) is 61.3 Å². The van der Waals surface area contributed by atoms with Crippen molar-refractivity contribution >= 4 is 17.4 Å². The van der Waals surface area contributed by atoms with Crippen LogP contribution in [0.4, 0.5) is 5.82 Å². The van der Waals surface area contributed by atoms with Gasteiger partial charge in [0.15, 0.2) is 6.23 Å². The lowest BCUT2D eigenvalue weighted by Gasteiger charge is -2.20. The normalized spacial score (nSPS) is 11.7. The van der Waals surface area contributed by atoms with E-state index >= 15 is 0 Å². The van der Waals surface area contributed by atoms with Crippen LogP contribution in [0.2, 0.25) is 5.02 Å². The predicted molar refractivity (Wildman–Crippen MR) is 156 cm³/mol. The number of benzene rings is 2. The number of ether oxygens (including phenoxy) is 1. The first-order valence-corrected chi connectivity index (χ1v) is 13.9. The van der Waals surface area contributed by atoms with Gasteiger partial charge in [0.05, 0.1) is 6.61 Å². The molecule has 1 heterocycles. The van der Waals surface area contributed by atoms with Crippen molar-refractivity contribution in [2.24, 2.45) is 5.92 Å². The summed E-state index contributed by atoms with van der Waals surface area (Å²) in [4.78, 5) is 7.13. The summed E-state index contributed by atoms with van der Waals surface area (Å²) in [6.45, 7) is 16.3. The number of nitrogens with one attached hydrogen (secondary N) is 1. The van der Waals surface area contributed by atoms with Crippen LogP contribution < -0.4 is 10.1 Å². The van der Waals surface area contributed by atoms with Crippen molar-refractivity contribution in [1.29, 1.82) is 0 Å². The molecule has 3 rings (SSSR count). The average molecular weight is 526 g/mol. The molecule has 0 amide bonds. The maximum Gasteiger partial charge on any atom is 0.151 e. The van der Waals surface area contributed by atoms with Crippen LogP contribution in [0.3, 0.4) is 0 Å². The van der Waals surface area contributed by atoms with E-state index in [1.807, 2.05) is 62.4 Å². The lowest BCUT2D eigenvalue weighted by atomic mass is 10.1. The first kappa shape index (κ1) is 30.6. The van der Waals surface area contributed by atoms with Gasteiger partial charge in [-0.25, -0.2) is 4.98 Å². The van der Waals surface area contributed by atoms with Crippen molar-refractivity contribution in [3.8, 4) is 5.75 Å². The molecule has 0 saturated carbocycles. The summed E-state index contributed by atoms with van der Waals surface area (Å²) in [7, 11) is 0. The van der Waals surface area contributed by atoms with Gasteiger partial charge in [-0.15, -0.1) is 0 Å². The highest BCUT2D eigenvalue weighted by Gasteiger charge is 2.12. The Hall–Kier alpha value is -2.60. The molecule has 1 atom stereocenters. The topological polar surface area (TPSA) is 57.6 Å². The second-order valence-corrected chi connectivity index (χ2v) is 9.74. The highest BCUT2D eigenvalue weighted by Crippen LogP contribution is 2.26. The van der Waals surface area contributed by atoms with Crippen LogP contribution in [0.15, 0.2) is 60.7 Å². The summed E-state index contributed by atoms with van der Waals surface area (Å²) in [6.07, 6.45) is 0.880. The fourth-order valence-corrected chi connectivity index (χ4v) is 4.08. The Morgan fingerprint density at radius 1 is 1.03 bits per heavy atom. The summed E-state index contributed by atoms with van der Waals surface area (Å²) in [5, 5.41) is 14.5. The average Bonchev–Trinajstić information content (AvgIpc) is 2.89. The first-order valence-electron chi connectivity index (χ1n) is 13.5. The standard InChI is InChI=1S/C29H38ClN3O2.C2H6/c1-5-16-33(6-2)19-22-10-12-23(13-11-22)29(34)32-28-9-7-8-26(31-28)18-24-17-25(30)14-15-27(24)35-20-21(3)4;1-2/h7-15,17,21,29,34H,5-6,16,18-20H2,1-4H3,(H,31,32);1-2H3. The van der Waals surface area contributed by atoms with E-state index < -0.39 is 6.23 Å². The second-order valence-electron chi connectivity index (χ2n) is 9.31. The van der Waals surface area contributed by atoms with Gasteiger partial charge < -0.3 is 15.2 Å². The van der Waals surface area contributed by atoms with Gasteiger partial charge in [-0.2, -0.15) is 0 Å². The van der Waals surface area contributed by atoms with Crippen LogP contribution >= 0.6 is 11.6 Å². The van der Waals surface area contributed by atoms with E-state index in [0.29, 0.717) is 29.8 Å². The molecule has 2 N–H and O–H groups in total. The number of rotatable bonds is 13. The number of anilines is 1. The number of halogens is 1. The van der Waals surface area contributed by atoms with E-state index in [1.165, 1.54) is 5.56 Å². The lowest BCUT2D eigenvalue weighted by Crippen LogP contribution is -2.23. The molecular formula is C31H44ClN3O2. The van der Waals surface area contributed by atoms with Crippen LogP contribution in [0, 0.1) is 5.92 Å². The Morgan fingerprint density at radius 3 is 2.41 bits per heavy atom. The number of aromatic nitrogens is 1. The molecule has 0 bridgehead atoms. The number of pyridine rings is 1. The largest absolute Gasteiger partial charge is 0.493 e. The zero-order valence-electron chi connectivity index (χ0n) is 23.3. The van der Waals surface area contributed by atoms with Crippen LogP contribution in [-0.2, 0) is 13.0 Å². The molecule has 6 heteroatoms. The summed E-state index contributed by atoms with van der Waals surface area (Å²) >= 11 is 6.25. The molecule has 3 aromatic rings. The van der Waals surface area contributed by atoms with Crippen molar-refractivity contribution in [2.45, 2.75) is 67.2 Å². The van der Waals surface area contributed by atoms with Crippen LogP contribution in [0.5, 0.6) is 5.75 Å². The number of hydrogen-bond donors (Lipinski definition) is 2. The van der Waals surface area contributed by atoms with Crippen molar-refractivity contribution in [3.05, 3.63) is 88.1 Å². The smallest absolute Gasteiger partial charge is 0.151 e. The first-order chi connectivity index (χ1) is 17.9. The number of aliphatic hydroxyl groups excluding tert-OH is 1. The van der Waals surface area contributed by atoms with E-state index in [0.717, 1.165) is 48.6 Å². The van der Waals surface area contributed by atoms with Gasteiger partial charge in [0.25, 0.3) is 0 Å². The molecular weight excluding hydrogens is 482 g/mol. The molecule has 5 nitrogen and oxygen atoms in total. The number of aliphatic hydroxyl groups is 1. The van der Waals surface area contributed by atoms with Crippen LogP contribution in [-0.4, -0.2) is 34.7 Å². The Morgan fingerprint density at radius 2 is 1.76 bits per heavy atom. The number of hydrogen-bond acceptors (Lipinski definition) is 5. The van der Waals surface area contributed by atoms with Gasteiger partial charge in [0, 0.05) is 34.8 Å². The Kier molecular flexibility index (Phi) is 13.5. The van der Waals surface area contributed by atoms with Gasteiger partial charge in [-0.1, -0.05) is 83.5 Å². The summed E-state index contributed by atoms with van der Waals surface area (Å²) in [5.74, 6) is 1.87. The summed E-state index contributed by atoms with van der Waals surface area (Å²) < 4.78 is 5.99. The second kappa shape index (κ2) is 16.3. The minimum atomic E-state index is -0.846. The minimum Gasteiger partial charge on any atom is -0.493 e. The minimum absolute atomic E-state index is 0.432. The maximum atomic E-state index is 10.8. The monoisotopic (exact) mass is 525 g/mol. The van der Waals surface area contributed by atoms with Gasteiger partial charge in [-0.3, -0.25) is 4.90 Å². The number of nitrogens with zero attached hydrogens (tertiary/aromatic N) is 2. The lowest BCUT2D eigenvalue weighted by molar-refractivity contribution is 0.207. The van der Waals surface area contributed by atoms with Crippen molar-refractivity contribution in [3.63, 3.8) is 0 Å². The highest BCUT2D eigenvalue weighted by atomic mass is 35.5. The Labute approximate surface area is 228 Å². The van der Waals surface area contributed by atoms with Crippen LogP contribution in [0.25, 0.3) is 0 Å². The quantitative estimate of drug-likeness (QED) is 0.224. The third kappa shape index (κ3) is 10.4. The predicted octanol–water partition coefficient (Wildman–Crippen LogP) is 7.72. The third-order valence-electron chi connectivity index (χ3n) is 5.75. The highest BCUT2D eigenvalue weighted by molar-refractivity contribution is 6.30. The van der Waals surface area contributed by atoms with E-state index in [2.05, 4.69) is 50.0 Å². The SMILES string of the molecule is CC.CCCN(CC)Cc1ccc(C(O)Nc2cccc(Cc3cc(Cl)ccc3OCC(C)C)n2)cc1. The fourth-order valence-electron chi connectivity index (χ4n) is 3.89. The molecule has 1 aromatic heterocycles. The van der Waals surface area contributed by atoms with Crippen molar-refractivity contribution in [2.75, 3.05) is 25.0 Å². The van der Waals surface area contributed by atoms with Gasteiger partial charge in [0.1, 0.15) is 11.6 Å². The Balaban J connectivity index is 0.00000235. The molecule has 0 aliphatic rings. The van der Waals surface area contributed by atoms with E-state index in [1.54, 1.807) is 0 Å². The van der Waals surface area contributed by atoms with Crippen molar-refractivity contribution in [1.82, 2.24) is 9.88 Å². The van der Waals surface area contributed by atoms with Crippen molar-refractivity contribution < 1.29 is 9.84 Å². The molecule has 0 saturated heterocycles. The molecule has 0 aliphatic carbocycles. The molecule has 37 heavy (non-hydrogen) atoms. The molecule has 1 unspecified atom stereocenters. The third-order valence-corrected chi connectivity index (χ3v) is 5.98. The summed E-state index contributed by atoms with van der Waals surface area (Å²) in [5.41, 5.74) is 3.90. The zero-order chi connectivity index (χ0) is 27.2.